The van der Waals surface area contributed by atoms with Crippen molar-refractivity contribution in [1.29, 1.82) is 0 Å². The molecule has 3 nitrogen and oxygen atoms in total. The van der Waals surface area contributed by atoms with Gasteiger partial charge in [-0.1, -0.05) is 38.1 Å². The molecule has 0 fully saturated rings. The van der Waals surface area contributed by atoms with Crippen LogP contribution in [-0.2, 0) is 19.4 Å². The van der Waals surface area contributed by atoms with Gasteiger partial charge in [-0.3, -0.25) is 0 Å². The lowest BCUT2D eigenvalue weighted by atomic mass is 10.1. The highest BCUT2D eigenvalue weighted by Gasteiger charge is 2.02. The number of aromatic nitrogens is 2. The van der Waals surface area contributed by atoms with E-state index in [0.717, 1.165) is 36.7 Å². The molecule has 100 valence electrons. The van der Waals surface area contributed by atoms with Crippen LogP contribution in [0.3, 0.4) is 0 Å². The lowest BCUT2D eigenvalue weighted by Gasteiger charge is -2.10. The van der Waals surface area contributed by atoms with Gasteiger partial charge in [-0.15, -0.1) is 0 Å². The van der Waals surface area contributed by atoms with E-state index in [1.165, 1.54) is 11.1 Å². The zero-order valence-electron chi connectivity index (χ0n) is 11.9. The van der Waals surface area contributed by atoms with Crippen molar-refractivity contribution in [2.75, 3.05) is 5.32 Å². The molecule has 1 aromatic carbocycles. The molecular weight excluding hydrogens is 234 g/mol. The second-order valence-electron chi connectivity index (χ2n) is 4.62. The van der Waals surface area contributed by atoms with Crippen LogP contribution in [0.25, 0.3) is 0 Å². The summed E-state index contributed by atoms with van der Waals surface area (Å²) in [5, 5.41) is 3.40. The predicted molar refractivity (Wildman–Crippen MR) is 79.3 cm³/mol. The normalized spacial score (nSPS) is 10.5. The van der Waals surface area contributed by atoms with Gasteiger partial charge in [0, 0.05) is 18.3 Å². The number of hydrogen-bond donors (Lipinski definition) is 1. The van der Waals surface area contributed by atoms with Gasteiger partial charge in [0.1, 0.15) is 11.6 Å². The van der Waals surface area contributed by atoms with E-state index >= 15 is 0 Å². The predicted octanol–water partition coefficient (Wildman–Crippen LogP) is 3.52. The molecule has 0 bridgehead atoms. The molecular formula is C16H21N3. The standard InChI is InChI=1S/C16H21N3/c1-4-13-8-6-7-9-14(13)11-17-16-10-15(5-2)18-12(3)19-16/h6-10H,4-5,11H2,1-3H3,(H,17,18,19). The smallest absolute Gasteiger partial charge is 0.130 e. The Morgan fingerprint density at radius 3 is 2.42 bits per heavy atom. The topological polar surface area (TPSA) is 37.8 Å². The molecule has 0 aliphatic rings. The summed E-state index contributed by atoms with van der Waals surface area (Å²) in [4.78, 5) is 8.82. The molecule has 2 rings (SSSR count). The van der Waals surface area contributed by atoms with Gasteiger partial charge in [0.25, 0.3) is 0 Å². The summed E-state index contributed by atoms with van der Waals surface area (Å²) in [6, 6.07) is 10.5. The minimum atomic E-state index is 0.809. The van der Waals surface area contributed by atoms with Crippen LogP contribution in [0.4, 0.5) is 5.82 Å². The third-order valence-electron chi connectivity index (χ3n) is 3.21. The van der Waals surface area contributed by atoms with Gasteiger partial charge in [0.05, 0.1) is 0 Å². The first-order valence-electron chi connectivity index (χ1n) is 6.88. The zero-order chi connectivity index (χ0) is 13.7. The Kier molecular flexibility index (Phi) is 4.50. The van der Waals surface area contributed by atoms with Crippen molar-refractivity contribution in [3.05, 3.63) is 53.0 Å². The third kappa shape index (κ3) is 3.53. The number of anilines is 1. The van der Waals surface area contributed by atoms with Crippen molar-refractivity contribution < 1.29 is 0 Å². The maximum absolute atomic E-state index is 4.43. The highest BCUT2D eigenvalue weighted by Crippen LogP contribution is 2.13. The number of nitrogens with zero attached hydrogens (tertiary/aromatic N) is 2. The van der Waals surface area contributed by atoms with Gasteiger partial charge in [-0.2, -0.15) is 0 Å². The Hall–Kier alpha value is -1.90. The number of nitrogens with one attached hydrogen (secondary N) is 1. The maximum Gasteiger partial charge on any atom is 0.130 e. The highest BCUT2D eigenvalue weighted by molar-refractivity contribution is 5.38. The van der Waals surface area contributed by atoms with Gasteiger partial charge in [-0.25, -0.2) is 9.97 Å². The van der Waals surface area contributed by atoms with E-state index in [9.17, 15) is 0 Å². The minimum Gasteiger partial charge on any atom is -0.366 e. The van der Waals surface area contributed by atoms with E-state index in [1.54, 1.807) is 0 Å². The van der Waals surface area contributed by atoms with Crippen LogP contribution in [-0.4, -0.2) is 9.97 Å². The van der Waals surface area contributed by atoms with Crippen LogP contribution < -0.4 is 5.32 Å². The summed E-state index contributed by atoms with van der Waals surface area (Å²) in [5.41, 5.74) is 3.80. The van der Waals surface area contributed by atoms with E-state index in [-0.39, 0.29) is 0 Å². The fourth-order valence-corrected chi connectivity index (χ4v) is 2.16. The van der Waals surface area contributed by atoms with Crippen molar-refractivity contribution in [2.45, 2.75) is 40.2 Å². The minimum absolute atomic E-state index is 0.809. The maximum atomic E-state index is 4.43. The molecule has 19 heavy (non-hydrogen) atoms. The van der Waals surface area contributed by atoms with Gasteiger partial charge < -0.3 is 5.32 Å². The van der Waals surface area contributed by atoms with Crippen molar-refractivity contribution >= 4 is 5.82 Å². The van der Waals surface area contributed by atoms with Gasteiger partial charge in [-0.05, 0) is 30.9 Å². The van der Waals surface area contributed by atoms with Crippen LogP contribution in [0.1, 0.15) is 36.5 Å². The molecule has 1 N–H and O–H groups in total. The second-order valence-corrected chi connectivity index (χ2v) is 4.62. The number of rotatable bonds is 5. The van der Waals surface area contributed by atoms with Gasteiger partial charge in [0.15, 0.2) is 0 Å². The first kappa shape index (κ1) is 13.5. The van der Waals surface area contributed by atoms with E-state index in [4.69, 9.17) is 0 Å². The molecule has 0 amide bonds. The van der Waals surface area contributed by atoms with Crippen LogP contribution in [0, 0.1) is 6.92 Å². The summed E-state index contributed by atoms with van der Waals surface area (Å²) >= 11 is 0. The quantitative estimate of drug-likeness (QED) is 0.888. The third-order valence-corrected chi connectivity index (χ3v) is 3.21. The van der Waals surface area contributed by atoms with E-state index in [2.05, 4.69) is 53.4 Å². The van der Waals surface area contributed by atoms with Gasteiger partial charge >= 0.3 is 0 Å². The zero-order valence-corrected chi connectivity index (χ0v) is 11.9. The Balaban J connectivity index is 2.12. The van der Waals surface area contributed by atoms with Gasteiger partial charge in [0.2, 0.25) is 0 Å². The number of hydrogen-bond acceptors (Lipinski definition) is 3. The molecule has 2 aromatic rings. The van der Waals surface area contributed by atoms with Crippen molar-refractivity contribution in [2.24, 2.45) is 0 Å². The summed E-state index contributed by atoms with van der Waals surface area (Å²) < 4.78 is 0. The Morgan fingerprint density at radius 2 is 1.74 bits per heavy atom. The Labute approximate surface area is 115 Å². The number of benzene rings is 1. The summed E-state index contributed by atoms with van der Waals surface area (Å²) in [5.74, 6) is 1.74. The molecule has 0 aliphatic heterocycles. The first-order chi connectivity index (χ1) is 9.22. The molecule has 0 atom stereocenters. The van der Waals surface area contributed by atoms with Crippen molar-refractivity contribution in [3.8, 4) is 0 Å². The molecule has 0 saturated carbocycles. The Bertz CT molecular complexity index is 549. The van der Waals surface area contributed by atoms with E-state index in [0.29, 0.717) is 0 Å². The SMILES string of the molecule is CCc1cc(NCc2ccccc2CC)nc(C)n1. The molecule has 0 unspecified atom stereocenters. The van der Waals surface area contributed by atoms with Crippen LogP contribution >= 0.6 is 0 Å². The van der Waals surface area contributed by atoms with Crippen molar-refractivity contribution in [3.63, 3.8) is 0 Å². The largest absolute Gasteiger partial charge is 0.366 e. The van der Waals surface area contributed by atoms with E-state index in [1.807, 2.05) is 13.0 Å². The molecule has 1 heterocycles. The molecule has 0 spiro atoms. The molecule has 1 aromatic heterocycles. The monoisotopic (exact) mass is 255 g/mol. The summed E-state index contributed by atoms with van der Waals surface area (Å²) in [6.45, 7) is 7.04. The lowest BCUT2D eigenvalue weighted by Crippen LogP contribution is -2.06. The molecule has 0 radical (unpaired) electrons. The number of aryl methyl sites for hydroxylation is 3. The van der Waals surface area contributed by atoms with Crippen LogP contribution in [0.15, 0.2) is 30.3 Å². The fraction of sp³-hybridized carbons (Fsp3) is 0.375. The van der Waals surface area contributed by atoms with Crippen molar-refractivity contribution in [1.82, 2.24) is 9.97 Å². The van der Waals surface area contributed by atoms with Crippen LogP contribution in [0.2, 0.25) is 0 Å². The average Bonchev–Trinajstić information content (AvgIpc) is 2.44. The second kappa shape index (κ2) is 6.32. The highest BCUT2D eigenvalue weighted by atomic mass is 15.0. The lowest BCUT2D eigenvalue weighted by molar-refractivity contribution is 0.938. The van der Waals surface area contributed by atoms with Crippen LogP contribution in [0.5, 0.6) is 0 Å². The fourth-order valence-electron chi connectivity index (χ4n) is 2.16. The molecule has 3 heteroatoms. The summed E-state index contributed by atoms with van der Waals surface area (Å²) in [6.07, 6.45) is 1.99. The first-order valence-corrected chi connectivity index (χ1v) is 6.88. The molecule has 0 aliphatic carbocycles. The van der Waals surface area contributed by atoms with E-state index < -0.39 is 0 Å². The Morgan fingerprint density at radius 1 is 1.00 bits per heavy atom. The summed E-state index contributed by atoms with van der Waals surface area (Å²) in [7, 11) is 0. The average molecular weight is 255 g/mol. The molecule has 0 saturated heterocycles.